The summed E-state index contributed by atoms with van der Waals surface area (Å²) >= 11 is 0. The first-order chi connectivity index (χ1) is 7.49. The van der Waals surface area contributed by atoms with Crippen molar-refractivity contribution in [1.29, 1.82) is 0 Å². The van der Waals surface area contributed by atoms with Crippen LogP contribution in [0.15, 0.2) is 0 Å². The zero-order chi connectivity index (χ0) is 12.2. The van der Waals surface area contributed by atoms with E-state index in [1.807, 2.05) is 13.8 Å². The van der Waals surface area contributed by atoms with E-state index in [-0.39, 0.29) is 5.91 Å². The van der Waals surface area contributed by atoms with Crippen molar-refractivity contribution >= 4 is 5.91 Å². The first kappa shape index (κ1) is 13.5. The highest BCUT2D eigenvalue weighted by Gasteiger charge is 2.29. The van der Waals surface area contributed by atoms with E-state index in [1.165, 1.54) is 6.42 Å². The van der Waals surface area contributed by atoms with Gasteiger partial charge in [-0.25, -0.2) is 0 Å². The monoisotopic (exact) mass is 227 g/mol. The number of likely N-dealkylation sites (N-methyl/N-ethyl adjacent to an activating group) is 1. The lowest BCUT2D eigenvalue weighted by Crippen LogP contribution is -2.52. The highest BCUT2D eigenvalue weighted by Crippen LogP contribution is 2.15. The fraction of sp³-hybridized carbons (Fsp3) is 0.917. The van der Waals surface area contributed by atoms with Gasteiger partial charge in [0.1, 0.15) is 0 Å². The van der Waals surface area contributed by atoms with Crippen LogP contribution in [0.1, 0.15) is 33.6 Å². The number of carbonyl (C=O) groups is 1. The first-order valence-electron chi connectivity index (χ1n) is 6.23. The van der Waals surface area contributed by atoms with Crippen molar-refractivity contribution in [2.24, 2.45) is 11.1 Å². The van der Waals surface area contributed by atoms with Crippen LogP contribution in [0.4, 0.5) is 0 Å². The number of carbonyl (C=O) groups excluding carboxylic acids is 1. The lowest BCUT2D eigenvalue weighted by atomic mass is 9.91. The van der Waals surface area contributed by atoms with Crippen molar-refractivity contribution in [2.75, 3.05) is 26.2 Å². The third-order valence-corrected chi connectivity index (χ3v) is 3.41. The van der Waals surface area contributed by atoms with E-state index in [2.05, 4.69) is 17.1 Å². The quantitative estimate of drug-likeness (QED) is 0.738. The minimum Gasteiger partial charge on any atom is -0.352 e. The van der Waals surface area contributed by atoms with E-state index in [0.29, 0.717) is 12.6 Å². The molecule has 94 valence electrons. The molecule has 3 N–H and O–H groups in total. The van der Waals surface area contributed by atoms with Gasteiger partial charge in [0, 0.05) is 19.1 Å². The standard InChI is InChI=1S/C12H25N3O/c1-4-15-7-5-6-10(8-15)14-11(16)12(2,3)9-13/h10H,4-9,13H2,1-3H3,(H,14,16). The van der Waals surface area contributed by atoms with Crippen LogP contribution >= 0.6 is 0 Å². The Labute approximate surface area is 98.6 Å². The van der Waals surface area contributed by atoms with Gasteiger partial charge >= 0.3 is 0 Å². The predicted molar refractivity (Wildman–Crippen MR) is 66.1 cm³/mol. The molecule has 0 aromatic carbocycles. The summed E-state index contributed by atoms with van der Waals surface area (Å²) in [6.45, 7) is 9.53. The maximum absolute atomic E-state index is 11.9. The van der Waals surface area contributed by atoms with Crippen LogP contribution in [-0.2, 0) is 4.79 Å². The number of hydrogen-bond acceptors (Lipinski definition) is 3. The van der Waals surface area contributed by atoms with Crippen molar-refractivity contribution in [3.05, 3.63) is 0 Å². The summed E-state index contributed by atoms with van der Waals surface area (Å²) in [5.74, 6) is 0.0814. The largest absolute Gasteiger partial charge is 0.352 e. The van der Waals surface area contributed by atoms with Crippen molar-refractivity contribution in [2.45, 2.75) is 39.7 Å². The maximum atomic E-state index is 11.9. The molecule has 1 fully saturated rings. The molecule has 0 aliphatic carbocycles. The van der Waals surface area contributed by atoms with Crippen molar-refractivity contribution in [3.63, 3.8) is 0 Å². The molecular weight excluding hydrogens is 202 g/mol. The van der Waals surface area contributed by atoms with Gasteiger partial charge in [-0.1, -0.05) is 6.92 Å². The number of nitrogens with zero attached hydrogens (tertiary/aromatic N) is 1. The van der Waals surface area contributed by atoms with Gasteiger partial charge in [-0.3, -0.25) is 4.79 Å². The fourth-order valence-corrected chi connectivity index (χ4v) is 1.93. The normalized spacial score (nSPS) is 23.1. The number of nitrogens with two attached hydrogens (primary N) is 1. The number of nitrogens with one attached hydrogen (secondary N) is 1. The third kappa shape index (κ3) is 3.46. The third-order valence-electron chi connectivity index (χ3n) is 3.41. The molecule has 4 nitrogen and oxygen atoms in total. The second-order valence-corrected chi connectivity index (χ2v) is 5.29. The van der Waals surface area contributed by atoms with Gasteiger partial charge in [-0.15, -0.1) is 0 Å². The Morgan fingerprint density at radius 3 is 2.81 bits per heavy atom. The molecule has 1 aliphatic rings. The Bertz CT molecular complexity index is 240. The van der Waals surface area contributed by atoms with Crippen molar-refractivity contribution in [1.82, 2.24) is 10.2 Å². The molecule has 1 saturated heterocycles. The molecule has 16 heavy (non-hydrogen) atoms. The molecular formula is C12H25N3O. The zero-order valence-electron chi connectivity index (χ0n) is 10.8. The summed E-state index contributed by atoms with van der Waals surface area (Å²) in [5.41, 5.74) is 5.14. The minimum atomic E-state index is -0.450. The first-order valence-corrected chi connectivity index (χ1v) is 6.23. The van der Waals surface area contributed by atoms with Crippen LogP contribution < -0.4 is 11.1 Å². The molecule has 0 radical (unpaired) electrons. The molecule has 1 atom stereocenters. The number of hydrogen-bond donors (Lipinski definition) is 2. The summed E-state index contributed by atoms with van der Waals surface area (Å²) in [7, 11) is 0. The molecule has 0 saturated carbocycles. The zero-order valence-corrected chi connectivity index (χ0v) is 10.8. The van der Waals surface area contributed by atoms with Gasteiger partial charge in [0.25, 0.3) is 0 Å². The van der Waals surface area contributed by atoms with Crippen LogP contribution in [-0.4, -0.2) is 43.0 Å². The van der Waals surface area contributed by atoms with Gasteiger partial charge in [-0.05, 0) is 39.8 Å². The number of likely N-dealkylation sites (tertiary alicyclic amines) is 1. The molecule has 0 bridgehead atoms. The SMILES string of the molecule is CCN1CCCC(NC(=O)C(C)(C)CN)C1. The van der Waals surface area contributed by atoms with Gasteiger partial charge in [0.05, 0.1) is 5.41 Å². The molecule has 0 aromatic heterocycles. The van der Waals surface area contributed by atoms with E-state index in [0.717, 1.165) is 26.1 Å². The Kier molecular flexibility index (Phi) is 4.74. The molecule has 0 aromatic rings. The van der Waals surface area contributed by atoms with E-state index in [9.17, 15) is 4.79 Å². The molecule has 1 rings (SSSR count). The van der Waals surface area contributed by atoms with E-state index in [1.54, 1.807) is 0 Å². The second kappa shape index (κ2) is 5.64. The Morgan fingerprint density at radius 2 is 2.25 bits per heavy atom. The number of piperidine rings is 1. The lowest BCUT2D eigenvalue weighted by molar-refractivity contribution is -0.130. The van der Waals surface area contributed by atoms with Crippen LogP contribution in [0, 0.1) is 5.41 Å². The highest BCUT2D eigenvalue weighted by atomic mass is 16.2. The smallest absolute Gasteiger partial charge is 0.227 e. The molecule has 1 aliphatic heterocycles. The number of amides is 1. The van der Waals surface area contributed by atoms with Crippen molar-refractivity contribution < 1.29 is 4.79 Å². The summed E-state index contributed by atoms with van der Waals surface area (Å²) < 4.78 is 0. The van der Waals surface area contributed by atoms with Crippen LogP contribution in [0.25, 0.3) is 0 Å². The van der Waals surface area contributed by atoms with Crippen LogP contribution in [0.5, 0.6) is 0 Å². The molecule has 1 heterocycles. The van der Waals surface area contributed by atoms with Gasteiger partial charge in [-0.2, -0.15) is 0 Å². The van der Waals surface area contributed by atoms with Crippen molar-refractivity contribution in [3.8, 4) is 0 Å². The van der Waals surface area contributed by atoms with Gasteiger partial charge < -0.3 is 16.0 Å². The summed E-state index contributed by atoms with van der Waals surface area (Å²) in [5, 5.41) is 3.11. The van der Waals surface area contributed by atoms with Gasteiger partial charge in [0.2, 0.25) is 5.91 Å². The maximum Gasteiger partial charge on any atom is 0.227 e. The van der Waals surface area contributed by atoms with Crippen LogP contribution in [0.2, 0.25) is 0 Å². The Morgan fingerprint density at radius 1 is 1.56 bits per heavy atom. The molecule has 4 heteroatoms. The summed E-state index contributed by atoms with van der Waals surface area (Å²) in [4.78, 5) is 14.3. The van der Waals surface area contributed by atoms with E-state index >= 15 is 0 Å². The lowest BCUT2D eigenvalue weighted by Gasteiger charge is -2.34. The van der Waals surface area contributed by atoms with Crippen LogP contribution in [0.3, 0.4) is 0 Å². The topological polar surface area (TPSA) is 58.4 Å². The molecule has 1 amide bonds. The second-order valence-electron chi connectivity index (χ2n) is 5.29. The van der Waals surface area contributed by atoms with E-state index < -0.39 is 5.41 Å². The number of rotatable bonds is 4. The average molecular weight is 227 g/mol. The fourth-order valence-electron chi connectivity index (χ4n) is 1.93. The molecule has 0 spiro atoms. The summed E-state index contributed by atoms with van der Waals surface area (Å²) in [6.07, 6.45) is 2.25. The van der Waals surface area contributed by atoms with E-state index in [4.69, 9.17) is 5.73 Å². The molecule has 1 unspecified atom stereocenters. The highest BCUT2D eigenvalue weighted by molar-refractivity contribution is 5.82. The summed E-state index contributed by atoms with van der Waals surface area (Å²) in [6, 6.07) is 0.298. The minimum absolute atomic E-state index is 0.0814. The average Bonchev–Trinajstić information content (AvgIpc) is 2.29. The predicted octanol–water partition coefficient (Wildman–Crippen LogP) is 0.572. The Hall–Kier alpha value is -0.610. The van der Waals surface area contributed by atoms with Gasteiger partial charge in [0.15, 0.2) is 0 Å². The Balaban J connectivity index is 2.45.